The molecule has 29 heavy (non-hydrogen) atoms. The van der Waals surface area contributed by atoms with Gasteiger partial charge in [0, 0.05) is 30.0 Å². The number of hydrogen-bond donors (Lipinski definition) is 0. The van der Waals surface area contributed by atoms with Gasteiger partial charge in [0.15, 0.2) is 0 Å². The van der Waals surface area contributed by atoms with Crippen molar-refractivity contribution < 1.29 is 14.3 Å². The van der Waals surface area contributed by atoms with Crippen molar-refractivity contribution in [2.45, 2.75) is 26.2 Å². The lowest BCUT2D eigenvalue weighted by Crippen LogP contribution is -2.35. The number of benzene rings is 2. The summed E-state index contributed by atoms with van der Waals surface area (Å²) in [5, 5.41) is -0.189. The third kappa shape index (κ3) is 4.33. The highest BCUT2D eigenvalue weighted by atomic mass is 32.2. The van der Waals surface area contributed by atoms with Gasteiger partial charge in [0.2, 0.25) is 0 Å². The standard InChI is InChI=1S/C23H27NO3S2/c1-4-24(5-2)21(25)28-15-23(16-29-22(26)27-6-3)19-13-9-7-11-17(19)18-12-8-10-14-20(18)23/h7-14H,4-6,15-16H2,1-3H3. The van der Waals surface area contributed by atoms with Crippen molar-refractivity contribution in [2.24, 2.45) is 0 Å². The van der Waals surface area contributed by atoms with Crippen molar-refractivity contribution >= 4 is 34.1 Å². The first-order valence-electron chi connectivity index (χ1n) is 9.98. The van der Waals surface area contributed by atoms with E-state index < -0.39 is 5.41 Å². The average Bonchev–Trinajstić information content (AvgIpc) is 3.03. The molecule has 2 aromatic carbocycles. The second-order valence-corrected chi connectivity index (χ2v) is 8.71. The van der Waals surface area contributed by atoms with E-state index in [4.69, 9.17) is 4.74 Å². The molecule has 2 aromatic rings. The van der Waals surface area contributed by atoms with E-state index in [9.17, 15) is 9.59 Å². The van der Waals surface area contributed by atoms with E-state index >= 15 is 0 Å². The molecule has 0 saturated carbocycles. The van der Waals surface area contributed by atoms with E-state index in [1.807, 2.05) is 49.9 Å². The molecule has 154 valence electrons. The number of carbonyl (C=O) groups excluding carboxylic acids is 2. The Labute approximate surface area is 181 Å². The van der Waals surface area contributed by atoms with Crippen molar-refractivity contribution in [1.29, 1.82) is 0 Å². The van der Waals surface area contributed by atoms with Gasteiger partial charge in [-0.05, 0) is 54.8 Å². The predicted octanol–water partition coefficient (Wildman–Crippen LogP) is 6.04. The molecule has 3 rings (SSSR count). The molecule has 0 atom stereocenters. The summed E-state index contributed by atoms with van der Waals surface area (Å²) in [5.74, 6) is 1.13. The molecule has 0 unspecified atom stereocenters. The van der Waals surface area contributed by atoms with Crippen LogP contribution in [0.2, 0.25) is 0 Å². The average molecular weight is 430 g/mol. The third-order valence-corrected chi connectivity index (χ3v) is 7.47. The molecule has 0 aromatic heterocycles. The van der Waals surface area contributed by atoms with Gasteiger partial charge in [-0.3, -0.25) is 4.79 Å². The summed E-state index contributed by atoms with van der Waals surface area (Å²) in [5.41, 5.74) is 4.31. The van der Waals surface area contributed by atoms with Crippen molar-refractivity contribution in [1.82, 2.24) is 4.90 Å². The number of rotatable bonds is 7. The van der Waals surface area contributed by atoms with E-state index in [1.165, 1.54) is 45.8 Å². The van der Waals surface area contributed by atoms with Crippen LogP contribution in [0.15, 0.2) is 48.5 Å². The van der Waals surface area contributed by atoms with Gasteiger partial charge in [-0.15, -0.1) is 0 Å². The normalized spacial score (nSPS) is 13.5. The van der Waals surface area contributed by atoms with Crippen LogP contribution in [-0.2, 0) is 10.2 Å². The van der Waals surface area contributed by atoms with Crippen LogP contribution in [0, 0.1) is 0 Å². The Balaban J connectivity index is 1.99. The van der Waals surface area contributed by atoms with E-state index in [0.717, 1.165) is 0 Å². The lowest BCUT2D eigenvalue weighted by atomic mass is 9.82. The Hall–Kier alpha value is -1.92. The minimum Gasteiger partial charge on any atom is -0.458 e. The minimum absolute atomic E-state index is 0.0809. The van der Waals surface area contributed by atoms with Gasteiger partial charge in [0.05, 0.1) is 6.61 Å². The van der Waals surface area contributed by atoms with Gasteiger partial charge in [0.25, 0.3) is 5.24 Å². The first kappa shape index (κ1) is 21.8. The van der Waals surface area contributed by atoms with Crippen LogP contribution < -0.4 is 0 Å². The van der Waals surface area contributed by atoms with Crippen LogP contribution in [0.5, 0.6) is 0 Å². The van der Waals surface area contributed by atoms with Gasteiger partial charge < -0.3 is 9.64 Å². The minimum atomic E-state index is -0.419. The van der Waals surface area contributed by atoms with Gasteiger partial charge >= 0.3 is 5.30 Å². The molecule has 1 aliphatic carbocycles. The Bertz CT molecular complexity index is 834. The van der Waals surface area contributed by atoms with E-state index in [0.29, 0.717) is 31.2 Å². The Kier molecular flexibility index (Phi) is 7.30. The van der Waals surface area contributed by atoms with Crippen LogP contribution in [0.3, 0.4) is 0 Å². The molecule has 0 fully saturated rings. The topological polar surface area (TPSA) is 46.6 Å². The molecule has 6 heteroatoms. The zero-order chi connectivity index (χ0) is 20.9. The van der Waals surface area contributed by atoms with E-state index in [2.05, 4.69) is 24.3 Å². The maximum atomic E-state index is 12.8. The fraction of sp³-hybridized carbons (Fsp3) is 0.391. The van der Waals surface area contributed by atoms with Gasteiger partial charge in [-0.2, -0.15) is 0 Å². The van der Waals surface area contributed by atoms with Crippen LogP contribution in [0.25, 0.3) is 11.1 Å². The number of hydrogen-bond acceptors (Lipinski definition) is 5. The second kappa shape index (κ2) is 9.72. The predicted molar refractivity (Wildman–Crippen MR) is 123 cm³/mol. The molecule has 0 radical (unpaired) electrons. The summed E-state index contributed by atoms with van der Waals surface area (Å²) in [6.07, 6.45) is 0. The van der Waals surface area contributed by atoms with Gasteiger partial charge in [-0.25, -0.2) is 4.79 Å². The highest BCUT2D eigenvalue weighted by Crippen LogP contribution is 2.51. The lowest BCUT2D eigenvalue weighted by molar-refractivity contribution is 0.181. The maximum Gasteiger partial charge on any atom is 0.367 e. The molecule has 0 spiro atoms. The Morgan fingerprint density at radius 3 is 1.90 bits per heavy atom. The SMILES string of the molecule is CCOC(=O)SCC1(CSC(=O)N(CC)CC)c2ccccc2-c2ccccc21. The zero-order valence-electron chi connectivity index (χ0n) is 17.1. The largest absolute Gasteiger partial charge is 0.458 e. The van der Waals surface area contributed by atoms with Crippen molar-refractivity contribution in [3.8, 4) is 11.1 Å². The third-order valence-electron chi connectivity index (χ3n) is 5.34. The number of fused-ring (bicyclic) bond motifs is 3. The fourth-order valence-electron chi connectivity index (χ4n) is 3.87. The van der Waals surface area contributed by atoms with Gasteiger partial charge in [0.1, 0.15) is 0 Å². The first-order valence-corrected chi connectivity index (χ1v) is 11.9. The molecule has 0 heterocycles. The summed E-state index contributed by atoms with van der Waals surface area (Å²) >= 11 is 2.54. The molecular formula is C23H27NO3S2. The molecule has 0 aliphatic heterocycles. The number of carbonyl (C=O) groups is 2. The second-order valence-electron chi connectivity index (χ2n) is 6.87. The van der Waals surface area contributed by atoms with E-state index in [-0.39, 0.29) is 10.5 Å². The van der Waals surface area contributed by atoms with Crippen LogP contribution in [0.1, 0.15) is 31.9 Å². The zero-order valence-corrected chi connectivity index (χ0v) is 18.8. The monoisotopic (exact) mass is 429 g/mol. The molecule has 1 amide bonds. The molecule has 4 nitrogen and oxygen atoms in total. The van der Waals surface area contributed by atoms with Crippen LogP contribution >= 0.6 is 23.5 Å². The summed E-state index contributed by atoms with van der Waals surface area (Å²) < 4.78 is 5.16. The summed E-state index contributed by atoms with van der Waals surface area (Å²) in [7, 11) is 0. The van der Waals surface area contributed by atoms with Crippen LogP contribution in [0.4, 0.5) is 9.59 Å². The quantitative estimate of drug-likeness (QED) is 0.502. The number of nitrogens with zero attached hydrogens (tertiary/aromatic N) is 1. The highest BCUT2D eigenvalue weighted by Gasteiger charge is 2.44. The lowest BCUT2D eigenvalue weighted by Gasteiger charge is -2.31. The van der Waals surface area contributed by atoms with Crippen molar-refractivity contribution in [2.75, 3.05) is 31.2 Å². The van der Waals surface area contributed by atoms with Crippen molar-refractivity contribution in [3.05, 3.63) is 59.7 Å². The van der Waals surface area contributed by atoms with Gasteiger partial charge in [-0.1, -0.05) is 60.3 Å². The fourth-order valence-corrected chi connectivity index (χ4v) is 6.20. The number of ether oxygens (including phenoxy) is 1. The molecule has 0 saturated heterocycles. The Morgan fingerprint density at radius 2 is 1.38 bits per heavy atom. The van der Waals surface area contributed by atoms with E-state index in [1.54, 1.807) is 0 Å². The molecule has 1 aliphatic rings. The summed E-state index contributed by atoms with van der Waals surface area (Å²) in [4.78, 5) is 26.8. The summed E-state index contributed by atoms with van der Waals surface area (Å²) in [6, 6.07) is 16.7. The number of thioether (sulfide) groups is 2. The molecule has 0 bridgehead atoms. The van der Waals surface area contributed by atoms with Crippen LogP contribution in [-0.4, -0.2) is 46.6 Å². The highest BCUT2D eigenvalue weighted by molar-refractivity contribution is 8.14. The summed E-state index contributed by atoms with van der Waals surface area (Å²) in [6.45, 7) is 7.55. The molecular weight excluding hydrogens is 402 g/mol. The number of amides is 1. The Morgan fingerprint density at radius 1 is 0.862 bits per heavy atom. The first-order chi connectivity index (χ1) is 14.1. The maximum absolute atomic E-state index is 12.8. The molecule has 0 N–H and O–H groups in total. The van der Waals surface area contributed by atoms with Crippen molar-refractivity contribution in [3.63, 3.8) is 0 Å². The smallest absolute Gasteiger partial charge is 0.367 e.